The van der Waals surface area contributed by atoms with E-state index in [1.165, 1.54) is 0 Å². The minimum atomic E-state index is -5.24. The minimum absolute atomic E-state index is 0.0519. The molecule has 112 valence electrons. The van der Waals surface area contributed by atoms with Crippen LogP contribution in [0.5, 0.6) is 5.88 Å². The SMILES string of the molecule is NCc1c(OC(F)(F)F)ncc(C(F)(F)F)c1C(=O)O. The summed E-state index contributed by atoms with van der Waals surface area (Å²) in [7, 11) is 0. The second kappa shape index (κ2) is 5.15. The van der Waals surface area contributed by atoms with E-state index in [2.05, 4.69) is 9.72 Å². The Morgan fingerprint density at radius 1 is 1.30 bits per heavy atom. The Labute approximate surface area is 107 Å². The lowest BCUT2D eigenvalue weighted by molar-refractivity contribution is -0.276. The van der Waals surface area contributed by atoms with Crippen molar-refractivity contribution in [2.45, 2.75) is 19.1 Å². The molecule has 0 atom stereocenters. The first kappa shape index (κ1) is 16.0. The van der Waals surface area contributed by atoms with Crippen molar-refractivity contribution in [3.05, 3.63) is 22.9 Å². The summed E-state index contributed by atoms with van der Waals surface area (Å²) in [6.07, 6.45) is -10.4. The zero-order chi connectivity index (χ0) is 15.7. The van der Waals surface area contributed by atoms with E-state index >= 15 is 0 Å². The molecular weight excluding hydrogens is 298 g/mol. The summed E-state index contributed by atoms with van der Waals surface area (Å²) in [5, 5.41) is 8.74. The molecule has 3 N–H and O–H groups in total. The van der Waals surface area contributed by atoms with Crippen molar-refractivity contribution in [3.8, 4) is 5.88 Å². The number of rotatable bonds is 3. The van der Waals surface area contributed by atoms with E-state index in [1.54, 1.807) is 0 Å². The number of pyridine rings is 1. The van der Waals surface area contributed by atoms with Gasteiger partial charge >= 0.3 is 18.5 Å². The number of ether oxygens (including phenoxy) is 1. The molecular formula is C9H6F6N2O3. The van der Waals surface area contributed by atoms with E-state index in [0.29, 0.717) is 0 Å². The van der Waals surface area contributed by atoms with Crippen molar-refractivity contribution < 1.29 is 41.0 Å². The topological polar surface area (TPSA) is 85.4 Å². The maximum atomic E-state index is 12.6. The van der Waals surface area contributed by atoms with Gasteiger partial charge in [0.05, 0.1) is 11.1 Å². The Morgan fingerprint density at radius 2 is 1.85 bits per heavy atom. The van der Waals surface area contributed by atoms with Gasteiger partial charge in [-0.25, -0.2) is 9.78 Å². The van der Waals surface area contributed by atoms with Crippen LogP contribution in [0.1, 0.15) is 21.5 Å². The van der Waals surface area contributed by atoms with Gasteiger partial charge < -0.3 is 15.6 Å². The molecule has 1 heterocycles. The molecule has 0 aliphatic rings. The van der Waals surface area contributed by atoms with E-state index in [9.17, 15) is 31.1 Å². The molecule has 1 aromatic heterocycles. The normalized spacial score (nSPS) is 12.3. The van der Waals surface area contributed by atoms with Crippen LogP contribution in [-0.2, 0) is 12.7 Å². The predicted octanol–water partition coefficient (Wildman–Crippen LogP) is 2.16. The van der Waals surface area contributed by atoms with Crippen molar-refractivity contribution in [2.24, 2.45) is 5.73 Å². The van der Waals surface area contributed by atoms with E-state index in [4.69, 9.17) is 10.8 Å². The molecule has 0 saturated carbocycles. The van der Waals surface area contributed by atoms with Gasteiger partial charge in [0.25, 0.3) is 0 Å². The highest BCUT2D eigenvalue weighted by Crippen LogP contribution is 2.36. The highest BCUT2D eigenvalue weighted by atomic mass is 19.4. The van der Waals surface area contributed by atoms with Crippen LogP contribution < -0.4 is 10.5 Å². The fraction of sp³-hybridized carbons (Fsp3) is 0.333. The first-order valence-corrected chi connectivity index (χ1v) is 4.75. The Balaban J connectivity index is 3.54. The van der Waals surface area contributed by atoms with Crippen LogP contribution in [0, 0.1) is 0 Å². The molecule has 1 rings (SSSR count). The van der Waals surface area contributed by atoms with Crippen molar-refractivity contribution >= 4 is 5.97 Å². The Hall–Kier alpha value is -2.04. The van der Waals surface area contributed by atoms with Gasteiger partial charge in [-0.1, -0.05) is 0 Å². The average Bonchev–Trinajstić information content (AvgIpc) is 2.24. The zero-order valence-electron chi connectivity index (χ0n) is 9.34. The molecule has 0 amide bonds. The number of carboxylic acid groups (broad SMARTS) is 1. The average molecular weight is 304 g/mol. The monoisotopic (exact) mass is 304 g/mol. The number of hydrogen-bond acceptors (Lipinski definition) is 4. The van der Waals surface area contributed by atoms with Crippen LogP contribution in [0.25, 0.3) is 0 Å². The summed E-state index contributed by atoms with van der Waals surface area (Å²) >= 11 is 0. The lowest BCUT2D eigenvalue weighted by Crippen LogP contribution is -2.23. The maximum Gasteiger partial charge on any atom is 0.574 e. The fourth-order valence-electron chi connectivity index (χ4n) is 1.38. The number of aromatic carboxylic acids is 1. The molecule has 0 aromatic carbocycles. The maximum absolute atomic E-state index is 12.6. The van der Waals surface area contributed by atoms with E-state index in [1.807, 2.05) is 0 Å². The van der Waals surface area contributed by atoms with E-state index in [0.717, 1.165) is 0 Å². The third kappa shape index (κ3) is 3.50. The van der Waals surface area contributed by atoms with E-state index in [-0.39, 0.29) is 6.20 Å². The standard InChI is InChI=1S/C9H6F6N2O3/c10-8(11,12)4-2-17-6(20-9(13,14)15)3(1-16)5(4)7(18)19/h2H,1,16H2,(H,18,19). The summed E-state index contributed by atoms with van der Waals surface area (Å²) < 4.78 is 77.3. The number of alkyl halides is 6. The second-order valence-electron chi connectivity index (χ2n) is 3.39. The van der Waals surface area contributed by atoms with Crippen molar-refractivity contribution in [1.29, 1.82) is 0 Å². The second-order valence-corrected chi connectivity index (χ2v) is 3.39. The number of halogens is 6. The number of nitrogens with zero attached hydrogens (tertiary/aromatic N) is 1. The summed E-state index contributed by atoms with van der Waals surface area (Å²) in [5.41, 5.74) is 0.876. The molecule has 0 aliphatic carbocycles. The van der Waals surface area contributed by atoms with Gasteiger partial charge in [-0.15, -0.1) is 13.2 Å². The lowest BCUT2D eigenvalue weighted by Gasteiger charge is -2.16. The highest BCUT2D eigenvalue weighted by Gasteiger charge is 2.40. The third-order valence-corrected chi connectivity index (χ3v) is 2.08. The molecule has 0 bridgehead atoms. The smallest absolute Gasteiger partial charge is 0.478 e. The van der Waals surface area contributed by atoms with Gasteiger partial charge in [0, 0.05) is 18.3 Å². The lowest BCUT2D eigenvalue weighted by atomic mass is 10.0. The van der Waals surface area contributed by atoms with Crippen LogP contribution in [-0.4, -0.2) is 22.4 Å². The van der Waals surface area contributed by atoms with Crippen molar-refractivity contribution in [3.63, 3.8) is 0 Å². The fourth-order valence-corrected chi connectivity index (χ4v) is 1.38. The van der Waals surface area contributed by atoms with Crippen molar-refractivity contribution in [1.82, 2.24) is 4.98 Å². The summed E-state index contributed by atoms with van der Waals surface area (Å²) in [6, 6.07) is 0. The zero-order valence-corrected chi connectivity index (χ0v) is 9.34. The van der Waals surface area contributed by atoms with Crippen molar-refractivity contribution in [2.75, 3.05) is 0 Å². The van der Waals surface area contributed by atoms with Crippen LogP contribution in [0.15, 0.2) is 6.20 Å². The van der Waals surface area contributed by atoms with E-state index < -0.39 is 47.6 Å². The molecule has 0 spiro atoms. The first-order valence-electron chi connectivity index (χ1n) is 4.75. The Bertz CT molecular complexity index is 526. The number of carbonyl (C=O) groups is 1. The van der Waals surface area contributed by atoms with Crippen LogP contribution in [0.4, 0.5) is 26.3 Å². The molecule has 0 unspecified atom stereocenters. The highest BCUT2D eigenvalue weighted by molar-refractivity contribution is 5.92. The summed E-state index contributed by atoms with van der Waals surface area (Å²) in [6.45, 7) is -0.927. The Kier molecular flexibility index (Phi) is 4.12. The molecule has 0 aliphatic heterocycles. The number of nitrogens with two attached hydrogens (primary N) is 1. The molecule has 20 heavy (non-hydrogen) atoms. The number of hydrogen-bond donors (Lipinski definition) is 2. The molecule has 0 fully saturated rings. The van der Waals surface area contributed by atoms with Crippen LogP contribution >= 0.6 is 0 Å². The molecule has 1 aromatic rings. The minimum Gasteiger partial charge on any atom is -0.478 e. The molecule has 5 nitrogen and oxygen atoms in total. The van der Waals surface area contributed by atoms with Gasteiger partial charge in [0.15, 0.2) is 0 Å². The molecule has 0 saturated heterocycles. The van der Waals surface area contributed by atoms with Gasteiger partial charge in [0.1, 0.15) is 0 Å². The van der Waals surface area contributed by atoms with Gasteiger partial charge in [-0.05, 0) is 0 Å². The molecule has 11 heteroatoms. The summed E-state index contributed by atoms with van der Waals surface area (Å²) in [4.78, 5) is 13.7. The van der Waals surface area contributed by atoms with Gasteiger partial charge in [0.2, 0.25) is 5.88 Å². The van der Waals surface area contributed by atoms with Gasteiger partial charge in [-0.3, -0.25) is 0 Å². The van der Waals surface area contributed by atoms with Crippen LogP contribution in [0.2, 0.25) is 0 Å². The Morgan fingerprint density at radius 3 is 2.20 bits per heavy atom. The third-order valence-electron chi connectivity index (χ3n) is 2.08. The molecule has 0 radical (unpaired) electrons. The number of aromatic nitrogens is 1. The first-order chi connectivity index (χ1) is 8.97. The largest absolute Gasteiger partial charge is 0.574 e. The van der Waals surface area contributed by atoms with Crippen LogP contribution in [0.3, 0.4) is 0 Å². The summed E-state index contributed by atoms with van der Waals surface area (Å²) in [5.74, 6) is -3.42. The quantitative estimate of drug-likeness (QED) is 0.836. The number of carboxylic acids is 1. The predicted molar refractivity (Wildman–Crippen MR) is 50.8 cm³/mol. The van der Waals surface area contributed by atoms with Gasteiger partial charge in [-0.2, -0.15) is 13.2 Å².